The van der Waals surface area contributed by atoms with Crippen LogP contribution in [0.1, 0.15) is 87.1 Å². The maximum absolute atomic E-state index is 15.0. The van der Waals surface area contributed by atoms with E-state index in [2.05, 4.69) is 68.8 Å². The molecule has 31 nitrogen and oxygen atoms in total. The minimum atomic E-state index is -1.40. The van der Waals surface area contributed by atoms with E-state index in [1.54, 1.807) is 66.9 Å². The van der Waals surface area contributed by atoms with Gasteiger partial charge < -0.3 is 88.7 Å². The summed E-state index contributed by atoms with van der Waals surface area (Å²) in [6.07, 6.45) is 6.82. The van der Waals surface area contributed by atoms with E-state index < -0.39 is 96.2 Å². The van der Waals surface area contributed by atoms with Gasteiger partial charge >= 0.3 is 6.03 Å². The van der Waals surface area contributed by atoms with E-state index in [1.165, 1.54) is 11.6 Å². The Hall–Kier alpha value is -9.66. The Kier molecular flexibility index (Phi) is 29.8. The van der Waals surface area contributed by atoms with E-state index in [4.69, 9.17) is 31.1 Å². The van der Waals surface area contributed by atoms with Crippen LogP contribution in [0, 0.1) is 5.41 Å². The Morgan fingerprint density at radius 3 is 1.94 bits per heavy atom. The monoisotopic (exact) mass is 1400 g/mol. The first-order valence-corrected chi connectivity index (χ1v) is 35.0. The van der Waals surface area contributed by atoms with Gasteiger partial charge in [0.25, 0.3) is 0 Å². The first-order valence-electron chi connectivity index (χ1n) is 33.9. The van der Waals surface area contributed by atoms with Crippen molar-refractivity contribution in [2.75, 3.05) is 58.5 Å². The summed E-state index contributed by atoms with van der Waals surface area (Å²) >= 11 is 1.85. The highest BCUT2D eigenvalue weighted by Gasteiger charge is 2.43. The molecule has 3 aliphatic heterocycles. The van der Waals surface area contributed by atoms with Crippen molar-refractivity contribution in [3.05, 3.63) is 120 Å². The average molecular weight is 1400 g/mol. The van der Waals surface area contributed by atoms with Crippen LogP contribution in [0.25, 0.3) is 10.9 Å². The van der Waals surface area contributed by atoms with Crippen LogP contribution in [0.2, 0.25) is 0 Å². The third-order valence-corrected chi connectivity index (χ3v) is 18.8. The maximum atomic E-state index is 15.0. The fourth-order valence-electron chi connectivity index (χ4n) is 12.0. The standard InChI is InChI=1S/C68H94N18O13S/c1-42-61(90)76-48(60(69)89)21-13-14-28-86-39-46(83-84-86)37-53(75-58(88)40-99-33-32-98-31-30-97-29-27-72-57(87)25-12-11-24-56-59-54(41-100-56)81-68(96)82-59)66(95)79-50(34-43-16-5-3-6-17-43)64(93)77-49(22-15-26-73-67(70)71)62(91)78-51(35-44-18-7-4-8-19-44)65(94)80-52(63(92)74-42)36-45-38-85(2)55-23-10-9-20-47(45)55/h3-10,16-20,23,38-39,42,48-54,56,59H,11-15,21-22,24-37,40-41H2,1-2H3,(H2,69,89)(H,72,87)(H,74,92)(H,75,88)(H,76,90)(H,77,93)(H,78,91)(H,79,95)(H,80,94)(H4,70,71,73)(H2,81,82,96)/t42-,48+,49-,50-,51-,52+,53+,54+,56+,59+/m1/s1. The lowest BCUT2D eigenvalue weighted by atomic mass is 10.0. The zero-order valence-electron chi connectivity index (χ0n) is 56.4. The number of thioether (sulfide) groups is 1. The summed E-state index contributed by atoms with van der Waals surface area (Å²) in [6.45, 7) is 2.43. The number of ether oxygens (including phenoxy) is 3. The topological polar surface area (TPSA) is 442 Å². The molecular formula is C68H94N18O13S. The summed E-state index contributed by atoms with van der Waals surface area (Å²) < 4.78 is 20.3. The van der Waals surface area contributed by atoms with Gasteiger partial charge in [0.15, 0.2) is 5.96 Å². The number of carbonyl (C=O) groups is 10. The number of aromatic nitrogens is 4. The number of nitrogens with one attached hydrogen (secondary N) is 12. The van der Waals surface area contributed by atoms with Crippen molar-refractivity contribution >= 4 is 87.8 Å². The third-order valence-electron chi connectivity index (χ3n) is 17.3. The average Bonchev–Trinajstić information content (AvgIpc) is 1.63. The number of nitrogens with two attached hydrogens (primary N) is 2. The van der Waals surface area contributed by atoms with Gasteiger partial charge in [0, 0.05) is 93.1 Å². The Labute approximate surface area is 584 Å². The third kappa shape index (κ3) is 24.4. The van der Waals surface area contributed by atoms with E-state index in [0.29, 0.717) is 47.7 Å². The number of aryl methyl sites for hydroxylation is 2. The summed E-state index contributed by atoms with van der Waals surface area (Å²) in [4.78, 5) is 139. The first-order chi connectivity index (χ1) is 48.3. The molecule has 2 saturated heterocycles. The second kappa shape index (κ2) is 39.2. The highest BCUT2D eigenvalue weighted by molar-refractivity contribution is 8.00. The van der Waals surface area contributed by atoms with Crippen LogP contribution >= 0.6 is 11.8 Å². The number of benzene rings is 3. The van der Waals surface area contributed by atoms with Gasteiger partial charge in [0.2, 0.25) is 53.2 Å². The van der Waals surface area contributed by atoms with E-state index in [1.807, 2.05) is 53.8 Å². The fourth-order valence-corrected chi connectivity index (χ4v) is 13.6. The zero-order chi connectivity index (χ0) is 71.3. The second-order valence-corrected chi connectivity index (χ2v) is 26.3. The number of guanidine groups is 1. The highest BCUT2D eigenvalue weighted by Crippen LogP contribution is 2.33. The molecule has 16 N–H and O–H groups in total. The predicted molar refractivity (Wildman–Crippen MR) is 371 cm³/mol. The van der Waals surface area contributed by atoms with Gasteiger partial charge in [0.05, 0.1) is 50.8 Å². The molecule has 0 unspecified atom stereocenters. The molecule has 5 heterocycles. The lowest BCUT2D eigenvalue weighted by molar-refractivity contribution is -0.136. The molecule has 0 aliphatic carbocycles. The number of rotatable bonds is 28. The van der Waals surface area contributed by atoms with Crippen molar-refractivity contribution in [1.29, 1.82) is 5.41 Å². The number of hydrogen-bond acceptors (Lipinski definition) is 17. The number of urea groups is 1. The van der Waals surface area contributed by atoms with Crippen molar-refractivity contribution in [2.45, 2.75) is 157 Å². The van der Waals surface area contributed by atoms with Gasteiger partial charge in [-0.25, -0.2) is 4.79 Å². The molecule has 2 fully saturated rings. The van der Waals surface area contributed by atoms with Crippen LogP contribution in [-0.2, 0) is 96.6 Å². The van der Waals surface area contributed by atoms with Crippen molar-refractivity contribution in [3.63, 3.8) is 0 Å². The summed E-state index contributed by atoms with van der Waals surface area (Å²) in [7, 11) is 1.84. The number of carbonyl (C=O) groups excluding carboxylic acids is 10. The molecule has 3 aromatic carbocycles. The van der Waals surface area contributed by atoms with Gasteiger partial charge in [-0.1, -0.05) is 90.5 Å². The maximum Gasteiger partial charge on any atom is 0.315 e. The molecule has 0 radical (unpaired) electrons. The molecule has 0 saturated carbocycles. The lowest BCUT2D eigenvalue weighted by Crippen LogP contribution is -2.60. The van der Waals surface area contributed by atoms with Crippen molar-refractivity contribution < 1.29 is 62.2 Å². The molecule has 8 rings (SSSR count). The SMILES string of the molecule is C[C@H]1NC(=O)[C@H](Cc2cn(C)c3ccccc23)NC(=O)[C@@H](Cc2ccccc2)NC(=O)[C@@H](CCCNC(=N)N)NC(=O)[C@@H](Cc2ccccc2)NC(=O)[C@@H](NC(=O)COCCOCCOCCNC(=O)CCCC[C@@H]2SC[C@@H]3NC(=O)N[C@@H]32)Cc2cn(nn2)CCCC[C@@H](C(N)=O)NC1=O. The van der Waals surface area contributed by atoms with Gasteiger partial charge in [-0.3, -0.25) is 53.2 Å². The fraction of sp³-hybridized carbons (Fsp3) is 0.515. The molecule has 0 spiro atoms. The number of nitrogens with zero attached hydrogens (tertiary/aromatic N) is 4. The molecule has 11 amide bonds. The van der Waals surface area contributed by atoms with E-state index in [-0.39, 0.29) is 127 Å². The molecule has 100 heavy (non-hydrogen) atoms. The van der Waals surface area contributed by atoms with Gasteiger partial charge in [-0.15, -0.1) is 5.10 Å². The van der Waals surface area contributed by atoms with E-state index in [9.17, 15) is 43.2 Å². The van der Waals surface area contributed by atoms with Gasteiger partial charge in [-0.05, 0) is 74.6 Å². The van der Waals surface area contributed by atoms with Crippen LogP contribution in [-0.4, -0.2) is 203 Å². The number of primary amides is 1. The van der Waals surface area contributed by atoms with Crippen LogP contribution < -0.4 is 70.0 Å². The molecule has 2 bridgehead atoms. The molecule has 32 heteroatoms. The Morgan fingerprint density at radius 2 is 1.25 bits per heavy atom. The summed E-state index contributed by atoms with van der Waals surface area (Å²) in [5.74, 6) is -5.74. The quantitative estimate of drug-likeness (QED) is 0.0127. The van der Waals surface area contributed by atoms with Crippen molar-refractivity contribution in [2.24, 2.45) is 18.5 Å². The Bertz CT molecular complexity index is 3580. The largest absolute Gasteiger partial charge is 0.377 e. The number of unbranched alkanes of at least 4 members (excludes halogenated alkanes) is 1. The van der Waals surface area contributed by atoms with Crippen LogP contribution in [0.15, 0.2) is 97.3 Å². The van der Waals surface area contributed by atoms with E-state index >= 15 is 4.79 Å². The molecular weight excluding hydrogens is 1310 g/mol. The molecule has 540 valence electrons. The number of fused-ring (bicyclic) bond motifs is 4. The minimum absolute atomic E-state index is 0.00755. The van der Waals surface area contributed by atoms with Gasteiger partial charge in [0.1, 0.15) is 48.9 Å². The van der Waals surface area contributed by atoms with Crippen LogP contribution in [0.5, 0.6) is 0 Å². The predicted octanol–water partition coefficient (Wildman–Crippen LogP) is -0.722. The van der Waals surface area contributed by atoms with E-state index in [0.717, 1.165) is 35.9 Å². The summed E-state index contributed by atoms with van der Waals surface area (Å²) in [5.41, 5.74) is 14.5. The second-order valence-electron chi connectivity index (χ2n) is 25.1. The number of amides is 11. The van der Waals surface area contributed by atoms with Crippen molar-refractivity contribution in [1.82, 2.24) is 78.0 Å². The minimum Gasteiger partial charge on any atom is -0.377 e. The zero-order valence-corrected chi connectivity index (χ0v) is 57.3. The molecule has 3 aliphatic rings. The lowest BCUT2D eigenvalue weighted by Gasteiger charge is -2.28. The highest BCUT2D eigenvalue weighted by atomic mass is 32.2. The van der Waals surface area contributed by atoms with Crippen LogP contribution in [0.4, 0.5) is 4.79 Å². The Morgan fingerprint density at radius 1 is 0.630 bits per heavy atom. The summed E-state index contributed by atoms with van der Waals surface area (Å²) in [5, 5.41) is 48.3. The van der Waals surface area contributed by atoms with Gasteiger partial charge in [-0.2, -0.15) is 11.8 Å². The summed E-state index contributed by atoms with van der Waals surface area (Å²) in [6, 6.07) is 15.9. The first kappa shape index (κ1) is 76.1. The van der Waals surface area contributed by atoms with Crippen molar-refractivity contribution in [3.8, 4) is 0 Å². The molecule has 2 aromatic heterocycles. The molecule has 10 atom stereocenters. The number of hydrogen-bond donors (Lipinski definition) is 14. The van der Waals surface area contributed by atoms with Crippen LogP contribution in [0.3, 0.4) is 0 Å². The Balaban J connectivity index is 0.954. The normalized spacial score (nSPS) is 22.8. The molecule has 5 aromatic rings. The number of para-hydroxylation sites is 1. The smallest absolute Gasteiger partial charge is 0.315 e.